The minimum Gasteiger partial charge on any atom is -0.497 e. The summed E-state index contributed by atoms with van der Waals surface area (Å²) in [6, 6.07) is 27.8. The summed E-state index contributed by atoms with van der Waals surface area (Å²) in [5.74, 6) is 0.789. The third-order valence-corrected chi connectivity index (χ3v) is 6.04. The van der Waals surface area contributed by atoms with Crippen LogP contribution in [0.25, 0.3) is 5.69 Å². The van der Waals surface area contributed by atoms with E-state index < -0.39 is 0 Å². The lowest BCUT2D eigenvalue weighted by atomic mass is 10.0. The molecule has 1 aliphatic rings. The molecule has 0 bridgehead atoms. The summed E-state index contributed by atoms with van der Waals surface area (Å²) in [5.41, 5.74) is 6.11. The van der Waals surface area contributed by atoms with Crippen molar-refractivity contribution in [3.63, 3.8) is 0 Å². The average molecular weight is 424 g/mol. The van der Waals surface area contributed by atoms with Crippen LogP contribution in [0.3, 0.4) is 0 Å². The van der Waals surface area contributed by atoms with E-state index in [2.05, 4.69) is 34.3 Å². The Morgan fingerprint density at radius 2 is 1.69 bits per heavy atom. The van der Waals surface area contributed by atoms with Gasteiger partial charge in [0.1, 0.15) is 5.75 Å². The molecule has 5 heteroatoms. The van der Waals surface area contributed by atoms with Crippen LogP contribution in [-0.4, -0.2) is 22.6 Å². The van der Waals surface area contributed by atoms with Gasteiger partial charge in [-0.25, -0.2) is 4.79 Å². The number of nitrogens with zero attached hydrogens (tertiary/aromatic N) is 2. The van der Waals surface area contributed by atoms with Gasteiger partial charge in [0.15, 0.2) is 0 Å². The normalized spacial score (nSPS) is 14.8. The van der Waals surface area contributed by atoms with E-state index in [4.69, 9.17) is 4.74 Å². The SMILES string of the molecule is COc1ccc([C@H]2c3cccn3-c3ccccc3CN2C(=O)Nc2ccccc2C)cc1. The predicted molar refractivity (Wildman–Crippen MR) is 126 cm³/mol. The van der Waals surface area contributed by atoms with Crippen molar-refractivity contribution in [1.82, 2.24) is 9.47 Å². The molecule has 32 heavy (non-hydrogen) atoms. The molecule has 0 saturated heterocycles. The fourth-order valence-electron chi connectivity index (χ4n) is 4.38. The van der Waals surface area contributed by atoms with Crippen LogP contribution in [0.1, 0.15) is 28.4 Å². The third kappa shape index (κ3) is 3.52. The zero-order chi connectivity index (χ0) is 22.1. The van der Waals surface area contributed by atoms with Crippen LogP contribution in [-0.2, 0) is 6.54 Å². The van der Waals surface area contributed by atoms with Crippen LogP contribution in [0.4, 0.5) is 10.5 Å². The van der Waals surface area contributed by atoms with Crippen LogP contribution in [0.15, 0.2) is 91.1 Å². The van der Waals surface area contributed by atoms with Crippen LogP contribution < -0.4 is 10.1 Å². The van der Waals surface area contributed by atoms with Gasteiger partial charge in [0.05, 0.1) is 25.4 Å². The number of hydrogen-bond acceptors (Lipinski definition) is 2. The number of carbonyl (C=O) groups excluding carboxylic acids is 1. The lowest BCUT2D eigenvalue weighted by molar-refractivity contribution is 0.194. The molecule has 0 aliphatic carbocycles. The van der Waals surface area contributed by atoms with E-state index >= 15 is 0 Å². The van der Waals surface area contributed by atoms with Gasteiger partial charge in [-0.3, -0.25) is 0 Å². The lowest BCUT2D eigenvalue weighted by Gasteiger charge is -2.31. The molecule has 0 fully saturated rings. The smallest absolute Gasteiger partial charge is 0.322 e. The summed E-state index contributed by atoms with van der Waals surface area (Å²) >= 11 is 0. The number of aromatic nitrogens is 1. The monoisotopic (exact) mass is 423 g/mol. The molecule has 2 amide bonds. The highest BCUT2D eigenvalue weighted by molar-refractivity contribution is 5.91. The zero-order valence-electron chi connectivity index (χ0n) is 18.2. The maximum Gasteiger partial charge on any atom is 0.322 e. The first kappa shape index (κ1) is 19.9. The largest absolute Gasteiger partial charge is 0.497 e. The van der Waals surface area contributed by atoms with E-state index in [-0.39, 0.29) is 12.1 Å². The van der Waals surface area contributed by atoms with Crippen LogP contribution in [0.2, 0.25) is 0 Å². The second-order valence-electron chi connectivity index (χ2n) is 7.98. The summed E-state index contributed by atoms with van der Waals surface area (Å²) in [5, 5.41) is 3.14. The number of nitrogens with one attached hydrogen (secondary N) is 1. The van der Waals surface area contributed by atoms with E-state index in [1.165, 1.54) is 0 Å². The van der Waals surface area contributed by atoms with Crippen molar-refractivity contribution in [3.8, 4) is 11.4 Å². The van der Waals surface area contributed by atoms with Gasteiger partial charge in [-0.15, -0.1) is 0 Å². The number of carbonyl (C=O) groups is 1. The van der Waals surface area contributed by atoms with E-state index in [0.717, 1.165) is 39.5 Å². The van der Waals surface area contributed by atoms with Gasteiger partial charge in [0.25, 0.3) is 0 Å². The quantitative estimate of drug-likeness (QED) is 0.444. The fourth-order valence-corrected chi connectivity index (χ4v) is 4.38. The Morgan fingerprint density at radius 1 is 0.938 bits per heavy atom. The number of urea groups is 1. The van der Waals surface area contributed by atoms with E-state index in [1.54, 1.807) is 7.11 Å². The summed E-state index contributed by atoms with van der Waals surface area (Å²) in [7, 11) is 1.66. The number of hydrogen-bond donors (Lipinski definition) is 1. The number of para-hydroxylation sites is 2. The fraction of sp³-hybridized carbons (Fsp3) is 0.148. The highest BCUT2D eigenvalue weighted by Gasteiger charge is 2.33. The Labute approximate surface area is 187 Å². The van der Waals surface area contributed by atoms with Gasteiger partial charge in [-0.1, -0.05) is 48.5 Å². The summed E-state index contributed by atoms with van der Waals surface area (Å²) in [6.07, 6.45) is 2.06. The van der Waals surface area contributed by atoms with Crippen LogP contribution >= 0.6 is 0 Å². The lowest BCUT2D eigenvalue weighted by Crippen LogP contribution is -2.38. The van der Waals surface area contributed by atoms with Crippen molar-refractivity contribution in [1.29, 1.82) is 0 Å². The van der Waals surface area contributed by atoms with Gasteiger partial charge >= 0.3 is 6.03 Å². The molecular formula is C27H25N3O2. The van der Waals surface area contributed by atoms with Crippen molar-refractivity contribution in [3.05, 3.63) is 114 Å². The van der Waals surface area contributed by atoms with E-state index in [1.807, 2.05) is 78.6 Å². The zero-order valence-corrected chi connectivity index (χ0v) is 18.2. The van der Waals surface area contributed by atoms with Gasteiger partial charge in [0, 0.05) is 17.6 Å². The number of anilines is 1. The number of ether oxygens (including phenoxy) is 1. The second kappa shape index (κ2) is 8.27. The Balaban J connectivity index is 1.63. The minimum atomic E-state index is -0.257. The minimum absolute atomic E-state index is 0.135. The number of rotatable bonds is 3. The molecule has 0 saturated carbocycles. The molecule has 3 aromatic carbocycles. The molecule has 1 aromatic heterocycles. The Kier molecular flexibility index (Phi) is 5.15. The maximum absolute atomic E-state index is 13.7. The molecule has 160 valence electrons. The number of fused-ring (bicyclic) bond motifs is 3. The number of aryl methyl sites for hydroxylation is 1. The van der Waals surface area contributed by atoms with E-state index in [0.29, 0.717) is 6.54 Å². The van der Waals surface area contributed by atoms with Crippen LogP contribution in [0.5, 0.6) is 5.75 Å². The summed E-state index contributed by atoms with van der Waals surface area (Å²) < 4.78 is 7.54. The number of amides is 2. The summed E-state index contributed by atoms with van der Waals surface area (Å²) in [4.78, 5) is 15.6. The maximum atomic E-state index is 13.7. The van der Waals surface area contributed by atoms with Gasteiger partial charge in [-0.2, -0.15) is 0 Å². The van der Waals surface area contributed by atoms with Gasteiger partial charge < -0.3 is 19.5 Å². The molecular weight excluding hydrogens is 398 g/mol. The van der Waals surface area contributed by atoms with Gasteiger partial charge in [0.2, 0.25) is 0 Å². The number of benzene rings is 3. The van der Waals surface area contributed by atoms with Crippen LogP contribution in [0, 0.1) is 6.92 Å². The first-order valence-electron chi connectivity index (χ1n) is 10.7. The molecule has 0 unspecified atom stereocenters. The third-order valence-electron chi connectivity index (χ3n) is 6.04. The van der Waals surface area contributed by atoms with Crippen molar-refractivity contribution >= 4 is 11.7 Å². The standard InChI is InChI=1S/C27H25N3O2/c1-19-8-3-5-10-23(19)28-27(31)30-18-21-9-4-6-11-24(21)29-17-7-12-25(29)26(30)20-13-15-22(32-2)16-14-20/h3-17,26H,18H2,1-2H3,(H,28,31)/t26-/m0/s1. The average Bonchev–Trinajstić information content (AvgIpc) is 3.25. The highest BCUT2D eigenvalue weighted by Crippen LogP contribution is 2.37. The Hall–Kier alpha value is -3.99. The molecule has 4 aromatic rings. The Morgan fingerprint density at radius 3 is 2.47 bits per heavy atom. The van der Waals surface area contributed by atoms with Crippen molar-refractivity contribution in [2.75, 3.05) is 12.4 Å². The molecule has 5 rings (SSSR count). The van der Waals surface area contributed by atoms with Crippen molar-refractivity contribution in [2.24, 2.45) is 0 Å². The second-order valence-corrected chi connectivity index (χ2v) is 7.98. The molecule has 1 atom stereocenters. The predicted octanol–water partition coefficient (Wildman–Crippen LogP) is 5.93. The van der Waals surface area contributed by atoms with Crippen molar-refractivity contribution in [2.45, 2.75) is 19.5 Å². The first-order chi connectivity index (χ1) is 15.7. The topological polar surface area (TPSA) is 46.5 Å². The first-order valence-corrected chi connectivity index (χ1v) is 10.7. The van der Waals surface area contributed by atoms with Gasteiger partial charge in [-0.05, 0) is 60.0 Å². The van der Waals surface area contributed by atoms with E-state index in [9.17, 15) is 4.79 Å². The molecule has 0 radical (unpaired) electrons. The number of methoxy groups -OCH3 is 1. The summed E-state index contributed by atoms with van der Waals surface area (Å²) in [6.45, 7) is 2.49. The molecule has 5 nitrogen and oxygen atoms in total. The van der Waals surface area contributed by atoms with Crippen molar-refractivity contribution < 1.29 is 9.53 Å². The molecule has 2 heterocycles. The molecule has 0 spiro atoms. The molecule has 1 aliphatic heterocycles. The Bertz CT molecular complexity index is 1260. The molecule has 1 N–H and O–H groups in total. The highest BCUT2D eigenvalue weighted by atomic mass is 16.5.